The average Bonchev–Trinajstić information content (AvgIpc) is 2.83. The Morgan fingerprint density at radius 2 is 1.96 bits per heavy atom. The molecular weight excluding hydrogens is 362 g/mol. The summed E-state index contributed by atoms with van der Waals surface area (Å²) < 4.78 is 0. The van der Waals surface area contributed by atoms with Crippen LogP contribution in [0.25, 0.3) is 0 Å². The minimum Gasteiger partial charge on any atom is -0.325 e. The van der Waals surface area contributed by atoms with Crippen molar-refractivity contribution in [2.24, 2.45) is 45.7 Å². The minimum absolute atomic E-state index is 0.0543. The molecule has 4 rings (SSSR count). The predicted octanol–water partition coefficient (Wildman–Crippen LogP) is 6.66. The van der Waals surface area contributed by atoms with Crippen LogP contribution in [-0.2, 0) is 0 Å². The first-order valence-corrected chi connectivity index (χ1v) is 11.6. The second kappa shape index (κ2) is 6.11. The van der Waals surface area contributed by atoms with Gasteiger partial charge in [-0.3, -0.25) is 0 Å². The van der Waals surface area contributed by atoms with Crippen LogP contribution >= 0.6 is 11.6 Å². The molecule has 0 aliphatic heterocycles. The highest BCUT2D eigenvalue weighted by Crippen LogP contribution is 2.74. The molecular formula is C26H38ClN. The zero-order valence-electron chi connectivity index (χ0n) is 18.4. The van der Waals surface area contributed by atoms with Crippen molar-refractivity contribution in [2.75, 3.05) is 5.88 Å². The first-order valence-electron chi connectivity index (χ1n) is 11.1. The molecule has 4 aliphatic rings. The summed E-state index contributed by atoms with van der Waals surface area (Å²) in [5.74, 6) is 2.66. The molecule has 1 nitrogen and oxygen atoms in total. The number of hydrogen-bond donors (Lipinski definition) is 1. The number of fused-ring (bicyclic) bond motifs is 5. The van der Waals surface area contributed by atoms with Gasteiger partial charge in [-0.2, -0.15) is 0 Å². The fourth-order valence-electron chi connectivity index (χ4n) is 8.65. The Bertz CT molecular complexity index is 792. The molecule has 0 aromatic carbocycles. The summed E-state index contributed by atoms with van der Waals surface area (Å²) in [6, 6.07) is 0. The number of nitrogens with two attached hydrogens (primary N) is 1. The zero-order valence-corrected chi connectivity index (χ0v) is 19.2. The molecule has 2 N–H and O–H groups in total. The first-order chi connectivity index (χ1) is 12.9. The second-order valence-corrected chi connectivity index (χ2v) is 11.4. The Balaban J connectivity index is 1.84. The second-order valence-electron chi connectivity index (χ2n) is 11.2. The summed E-state index contributed by atoms with van der Waals surface area (Å²) in [6.07, 6.45) is 11.5. The number of allylic oxidation sites excluding steroid dienone is 6. The number of halogens is 1. The molecule has 5 unspecified atom stereocenters. The van der Waals surface area contributed by atoms with E-state index < -0.39 is 0 Å². The highest BCUT2D eigenvalue weighted by molar-refractivity contribution is 6.19. The van der Waals surface area contributed by atoms with Crippen LogP contribution in [-0.4, -0.2) is 11.4 Å². The lowest BCUT2D eigenvalue weighted by atomic mass is 9.40. The monoisotopic (exact) mass is 399 g/mol. The minimum atomic E-state index is -0.139. The van der Waals surface area contributed by atoms with Gasteiger partial charge in [-0.15, -0.1) is 11.6 Å². The van der Waals surface area contributed by atoms with E-state index in [1.54, 1.807) is 5.57 Å². The van der Waals surface area contributed by atoms with Crippen molar-refractivity contribution in [3.8, 4) is 0 Å². The zero-order chi connectivity index (χ0) is 20.7. The van der Waals surface area contributed by atoms with Crippen LogP contribution in [0.15, 0.2) is 48.1 Å². The Labute approximate surface area is 177 Å². The maximum absolute atomic E-state index is 7.53. The Morgan fingerprint density at radius 1 is 1.29 bits per heavy atom. The van der Waals surface area contributed by atoms with Gasteiger partial charge in [-0.25, -0.2) is 0 Å². The van der Waals surface area contributed by atoms with Crippen LogP contribution in [0.2, 0.25) is 0 Å². The van der Waals surface area contributed by atoms with E-state index in [1.807, 2.05) is 0 Å². The summed E-state index contributed by atoms with van der Waals surface area (Å²) >= 11 is 6.36. The van der Waals surface area contributed by atoms with Gasteiger partial charge in [0, 0.05) is 16.8 Å². The number of rotatable bonds is 2. The lowest BCUT2D eigenvalue weighted by Crippen LogP contribution is -2.69. The predicted molar refractivity (Wildman–Crippen MR) is 121 cm³/mol. The molecule has 0 amide bonds. The molecule has 2 heteroatoms. The molecule has 0 saturated heterocycles. The van der Waals surface area contributed by atoms with Gasteiger partial charge < -0.3 is 5.73 Å². The molecule has 154 valence electrons. The van der Waals surface area contributed by atoms with Crippen molar-refractivity contribution in [1.82, 2.24) is 0 Å². The van der Waals surface area contributed by atoms with Crippen LogP contribution in [0.4, 0.5) is 0 Å². The summed E-state index contributed by atoms with van der Waals surface area (Å²) in [6.45, 7) is 20.9. The van der Waals surface area contributed by atoms with Crippen molar-refractivity contribution < 1.29 is 0 Å². The van der Waals surface area contributed by atoms with Gasteiger partial charge in [-0.1, -0.05) is 77.2 Å². The van der Waals surface area contributed by atoms with Gasteiger partial charge in [-0.05, 0) is 65.8 Å². The fourth-order valence-corrected chi connectivity index (χ4v) is 8.93. The van der Waals surface area contributed by atoms with Crippen LogP contribution < -0.4 is 5.73 Å². The molecule has 0 aromatic heterocycles. The lowest BCUT2D eigenvalue weighted by molar-refractivity contribution is -0.102. The van der Waals surface area contributed by atoms with E-state index in [2.05, 4.69) is 66.0 Å². The van der Waals surface area contributed by atoms with Crippen molar-refractivity contribution >= 4 is 11.6 Å². The molecule has 3 saturated carbocycles. The summed E-state index contributed by atoms with van der Waals surface area (Å²) in [7, 11) is 0. The molecule has 8 atom stereocenters. The van der Waals surface area contributed by atoms with E-state index in [9.17, 15) is 0 Å². The molecule has 4 aliphatic carbocycles. The third-order valence-corrected chi connectivity index (χ3v) is 10.5. The van der Waals surface area contributed by atoms with Crippen molar-refractivity contribution in [3.63, 3.8) is 0 Å². The molecule has 0 radical (unpaired) electrons. The van der Waals surface area contributed by atoms with Crippen molar-refractivity contribution in [1.29, 1.82) is 0 Å². The van der Waals surface area contributed by atoms with Crippen molar-refractivity contribution in [3.05, 3.63) is 48.1 Å². The molecule has 0 bridgehead atoms. The average molecular weight is 400 g/mol. The molecule has 0 heterocycles. The Morgan fingerprint density at radius 3 is 2.61 bits per heavy atom. The molecule has 3 fully saturated rings. The fraction of sp³-hybridized carbons (Fsp3) is 0.692. The first kappa shape index (κ1) is 20.5. The Hall–Kier alpha value is -0.790. The van der Waals surface area contributed by atoms with Crippen LogP contribution in [0.5, 0.6) is 0 Å². The topological polar surface area (TPSA) is 26.0 Å². The van der Waals surface area contributed by atoms with E-state index in [0.29, 0.717) is 29.6 Å². The van der Waals surface area contributed by atoms with Gasteiger partial charge in [0.25, 0.3) is 0 Å². The summed E-state index contributed by atoms with van der Waals surface area (Å²) in [5.41, 5.74) is 11.5. The third kappa shape index (κ3) is 2.24. The van der Waals surface area contributed by atoms with Gasteiger partial charge >= 0.3 is 0 Å². The van der Waals surface area contributed by atoms with E-state index in [4.69, 9.17) is 17.3 Å². The molecule has 0 aromatic rings. The van der Waals surface area contributed by atoms with E-state index >= 15 is 0 Å². The smallest absolute Gasteiger partial charge is 0.0436 e. The summed E-state index contributed by atoms with van der Waals surface area (Å²) in [4.78, 5) is 0. The maximum Gasteiger partial charge on any atom is 0.0436 e. The normalized spacial score (nSPS) is 52.5. The highest BCUT2D eigenvalue weighted by Gasteiger charge is 2.70. The molecule has 28 heavy (non-hydrogen) atoms. The van der Waals surface area contributed by atoms with Gasteiger partial charge in [0.1, 0.15) is 0 Å². The SMILES string of the molecule is C=C1C=CC2(C)C(=C1)CCC1(N)C2[C@@H](C)CC2(C)C1C[C@@H](C)[C@]2(C)C(=C)CCl. The van der Waals surface area contributed by atoms with E-state index in [-0.39, 0.29) is 21.8 Å². The third-order valence-electron chi connectivity index (χ3n) is 10.1. The van der Waals surface area contributed by atoms with Gasteiger partial charge in [0.2, 0.25) is 0 Å². The van der Waals surface area contributed by atoms with Crippen LogP contribution in [0.3, 0.4) is 0 Å². The highest BCUT2D eigenvalue weighted by atomic mass is 35.5. The standard InChI is InChI=1S/C26H38ClN/c1-16-8-10-23(5)20(12-16)9-11-26(28)21-13-18(3)25(7,19(4)15-27)24(21,6)14-17(2)22(23)26/h8,10,12,17-18,21-22H,1,4,9,11,13-15,28H2,2-3,5-7H3/t17-,18+,21?,22?,23?,24?,25+,26?/m0/s1. The largest absolute Gasteiger partial charge is 0.325 e. The van der Waals surface area contributed by atoms with E-state index in [1.165, 1.54) is 18.4 Å². The quantitative estimate of drug-likeness (QED) is 0.408. The summed E-state index contributed by atoms with van der Waals surface area (Å²) in [5, 5.41) is 0. The molecule has 0 spiro atoms. The lowest BCUT2D eigenvalue weighted by Gasteiger charge is -2.66. The van der Waals surface area contributed by atoms with Gasteiger partial charge in [0.15, 0.2) is 0 Å². The van der Waals surface area contributed by atoms with E-state index in [0.717, 1.165) is 18.4 Å². The van der Waals surface area contributed by atoms with Crippen LogP contribution in [0.1, 0.15) is 60.3 Å². The van der Waals surface area contributed by atoms with Crippen molar-refractivity contribution in [2.45, 2.75) is 65.8 Å². The number of alkyl halides is 1. The van der Waals surface area contributed by atoms with Crippen LogP contribution in [0, 0.1) is 39.9 Å². The number of hydrogen-bond acceptors (Lipinski definition) is 1. The Kier molecular flexibility index (Phi) is 4.47. The van der Waals surface area contributed by atoms with Gasteiger partial charge in [0.05, 0.1) is 0 Å². The maximum atomic E-state index is 7.53.